The van der Waals surface area contributed by atoms with E-state index in [9.17, 15) is 4.79 Å². The van der Waals surface area contributed by atoms with Gasteiger partial charge in [-0.1, -0.05) is 0 Å². The van der Waals surface area contributed by atoms with Crippen LogP contribution < -0.4 is 0 Å². The van der Waals surface area contributed by atoms with E-state index in [1.165, 1.54) is 7.11 Å². The minimum atomic E-state index is -0.519. The Morgan fingerprint density at radius 1 is 1.62 bits per heavy atom. The number of rotatable bonds is 1. The van der Waals surface area contributed by atoms with Gasteiger partial charge < -0.3 is 4.74 Å². The monoisotopic (exact) mass is 177 g/mol. The summed E-state index contributed by atoms with van der Waals surface area (Å²) in [6, 6.07) is 0. The Labute approximate surface area is 74.5 Å². The van der Waals surface area contributed by atoms with E-state index in [1.54, 1.807) is 12.4 Å². The molecule has 0 aliphatic carbocycles. The maximum absolute atomic E-state index is 11.0. The Morgan fingerprint density at radius 3 is 3.23 bits per heavy atom. The number of aromatic nitrogens is 2. The van der Waals surface area contributed by atoms with Crippen molar-refractivity contribution in [3.63, 3.8) is 0 Å². The molecule has 0 saturated carbocycles. The smallest absolute Gasteiger partial charge is 0.376 e. The van der Waals surface area contributed by atoms with E-state index >= 15 is 0 Å². The standard InChI is InChI=1S/C8H7N3O2/c1-13-8(12)7-10-3-5-2-9-4-6(5)11-7/h2-3H,4H2,1H3. The Hall–Kier alpha value is -1.78. The van der Waals surface area contributed by atoms with E-state index in [1.807, 2.05) is 0 Å². The first-order chi connectivity index (χ1) is 6.31. The molecular formula is C8H7N3O2. The van der Waals surface area contributed by atoms with Crippen molar-refractivity contribution in [3.05, 3.63) is 23.3 Å². The quantitative estimate of drug-likeness (QED) is 0.574. The van der Waals surface area contributed by atoms with Gasteiger partial charge in [0.1, 0.15) is 0 Å². The number of ether oxygens (including phenoxy) is 1. The van der Waals surface area contributed by atoms with Crippen LogP contribution in [-0.2, 0) is 11.3 Å². The van der Waals surface area contributed by atoms with Crippen LogP contribution in [0.1, 0.15) is 21.9 Å². The number of esters is 1. The molecule has 1 aromatic heterocycles. The zero-order chi connectivity index (χ0) is 9.26. The lowest BCUT2D eigenvalue weighted by Gasteiger charge is -1.99. The number of carbonyl (C=O) groups is 1. The van der Waals surface area contributed by atoms with Crippen molar-refractivity contribution in [2.45, 2.75) is 6.54 Å². The van der Waals surface area contributed by atoms with Crippen molar-refractivity contribution >= 4 is 12.2 Å². The topological polar surface area (TPSA) is 64.4 Å². The molecule has 1 aromatic rings. The van der Waals surface area contributed by atoms with Gasteiger partial charge in [-0.25, -0.2) is 14.8 Å². The van der Waals surface area contributed by atoms with Crippen molar-refractivity contribution < 1.29 is 9.53 Å². The minimum Gasteiger partial charge on any atom is -0.463 e. The third-order valence-electron chi connectivity index (χ3n) is 1.74. The molecule has 0 aromatic carbocycles. The summed E-state index contributed by atoms with van der Waals surface area (Å²) in [5, 5.41) is 0. The molecule has 0 radical (unpaired) electrons. The largest absolute Gasteiger partial charge is 0.463 e. The second-order valence-corrected chi connectivity index (χ2v) is 2.56. The zero-order valence-corrected chi connectivity index (χ0v) is 7.02. The number of nitrogens with zero attached hydrogens (tertiary/aromatic N) is 3. The van der Waals surface area contributed by atoms with Crippen molar-refractivity contribution in [3.8, 4) is 0 Å². The summed E-state index contributed by atoms with van der Waals surface area (Å²) in [5.74, 6) is -0.429. The first kappa shape index (κ1) is 7.85. The molecule has 0 N–H and O–H groups in total. The second kappa shape index (κ2) is 2.93. The number of hydrogen-bond acceptors (Lipinski definition) is 5. The summed E-state index contributed by atoms with van der Waals surface area (Å²) >= 11 is 0. The molecule has 2 rings (SSSR count). The van der Waals surface area contributed by atoms with Crippen molar-refractivity contribution in [1.29, 1.82) is 0 Å². The van der Waals surface area contributed by atoms with Crippen LogP contribution in [0, 0.1) is 0 Å². The Morgan fingerprint density at radius 2 is 2.46 bits per heavy atom. The van der Waals surface area contributed by atoms with Gasteiger partial charge in [0, 0.05) is 18.0 Å². The number of hydrogen-bond donors (Lipinski definition) is 0. The first-order valence-electron chi connectivity index (χ1n) is 3.75. The van der Waals surface area contributed by atoms with E-state index in [2.05, 4.69) is 19.7 Å². The zero-order valence-electron chi connectivity index (χ0n) is 7.02. The molecule has 0 unspecified atom stereocenters. The SMILES string of the molecule is COC(=O)c1ncc2c(n1)CN=C2. The highest BCUT2D eigenvalue weighted by Crippen LogP contribution is 2.10. The molecule has 2 heterocycles. The van der Waals surface area contributed by atoms with Crippen molar-refractivity contribution in [2.75, 3.05) is 7.11 Å². The molecule has 5 nitrogen and oxygen atoms in total. The second-order valence-electron chi connectivity index (χ2n) is 2.56. The average Bonchev–Trinajstić information content (AvgIpc) is 2.63. The lowest BCUT2D eigenvalue weighted by atomic mass is 10.3. The van der Waals surface area contributed by atoms with Crippen LogP contribution in [0.3, 0.4) is 0 Å². The van der Waals surface area contributed by atoms with Gasteiger partial charge in [-0.05, 0) is 0 Å². The lowest BCUT2D eigenvalue weighted by molar-refractivity contribution is 0.0586. The number of aliphatic imine (C=N–C) groups is 1. The third kappa shape index (κ3) is 1.28. The van der Waals surface area contributed by atoms with Crippen LogP contribution in [0.5, 0.6) is 0 Å². The molecule has 13 heavy (non-hydrogen) atoms. The fourth-order valence-electron chi connectivity index (χ4n) is 1.08. The molecule has 0 fully saturated rings. The molecule has 66 valence electrons. The van der Waals surface area contributed by atoms with E-state index in [0.29, 0.717) is 6.54 Å². The highest BCUT2D eigenvalue weighted by Gasteiger charge is 2.14. The van der Waals surface area contributed by atoms with Gasteiger partial charge in [0.25, 0.3) is 0 Å². The van der Waals surface area contributed by atoms with Crippen LogP contribution in [0.15, 0.2) is 11.2 Å². The maximum Gasteiger partial charge on any atom is 0.376 e. The van der Waals surface area contributed by atoms with Gasteiger partial charge in [-0.2, -0.15) is 0 Å². The fraction of sp³-hybridized carbons (Fsp3) is 0.250. The normalized spacial score (nSPS) is 12.7. The summed E-state index contributed by atoms with van der Waals surface area (Å²) in [7, 11) is 1.30. The first-order valence-corrected chi connectivity index (χ1v) is 3.75. The van der Waals surface area contributed by atoms with E-state index in [4.69, 9.17) is 0 Å². The average molecular weight is 177 g/mol. The van der Waals surface area contributed by atoms with E-state index < -0.39 is 5.97 Å². The van der Waals surface area contributed by atoms with E-state index in [-0.39, 0.29) is 5.82 Å². The minimum absolute atomic E-state index is 0.0896. The Bertz CT molecular complexity index is 387. The molecule has 0 spiro atoms. The van der Waals surface area contributed by atoms with Crippen molar-refractivity contribution in [2.24, 2.45) is 4.99 Å². The summed E-state index contributed by atoms with van der Waals surface area (Å²) in [6.07, 6.45) is 3.27. The number of carbonyl (C=O) groups excluding carboxylic acids is 1. The van der Waals surface area contributed by atoms with Crippen LogP contribution in [0.2, 0.25) is 0 Å². The van der Waals surface area contributed by atoms with Crippen LogP contribution >= 0.6 is 0 Å². The van der Waals surface area contributed by atoms with E-state index in [0.717, 1.165) is 11.3 Å². The highest BCUT2D eigenvalue weighted by atomic mass is 16.5. The summed E-state index contributed by atoms with van der Waals surface area (Å²) in [5.41, 5.74) is 1.64. The molecule has 1 aliphatic heterocycles. The van der Waals surface area contributed by atoms with Gasteiger partial charge in [0.15, 0.2) is 0 Å². The van der Waals surface area contributed by atoms with Crippen LogP contribution in [0.25, 0.3) is 0 Å². The third-order valence-corrected chi connectivity index (χ3v) is 1.74. The van der Waals surface area contributed by atoms with Gasteiger partial charge in [-0.15, -0.1) is 0 Å². The lowest BCUT2D eigenvalue weighted by Crippen LogP contribution is -2.09. The molecule has 0 bridgehead atoms. The highest BCUT2D eigenvalue weighted by molar-refractivity contribution is 5.87. The van der Waals surface area contributed by atoms with Gasteiger partial charge >= 0.3 is 5.97 Å². The predicted molar refractivity (Wildman–Crippen MR) is 44.7 cm³/mol. The number of methoxy groups -OCH3 is 1. The molecular weight excluding hydrogens is 170 g/mol. The Kier molecular flexibility index (Phi) is 1.77. The summed E-state index contributed by atoms with van der Waals surface area (Å²) in [4.78, 5) is 22.9. The predicted octanol–water partition coefficient (Wildman–Crippen LogP) is 0.196. The van der Waals surface area contributed by atoms with Crippen molar-refractivity contribution in [1.82, 2.24) is 9.97 Å². The van der Waals surface area contributed by atoms with Crippen LogP contribution in [-0.4, -0.2) is 29.3 Å². The molecule has 0 saturated heterocycles. The summed E-state index contributed by atoms with van der Waals surface area (Å²) < 4.78 is 4.49. The molecule has 1 aliphatic rings. The Balaban J connectivity index is 2.38. The maximum atomic E-state index is 11.0. The fourth-order valence-corrected chi connectivity index (χ4v) is 1.08. The van der Waals surface area contributed by atoms with Gasteiger partial charge in [-0.3, -0.25) is 4.99 Å². The molecule has 5 heteroatoms. The molecule has 0 atom stereocenters. The summed E-state index contributed by atoms with van der Waals surface area (Å²) in [6.45, 7) is 0.516. The molecule has 0 amide bonds. The van der Waals surface area contributed by atoms with Crippen LogP contribution in [0.4, 0.5) is 0 Å². The van der Waals surface area contributed by atoms with Gasteiger partial charge in [0.05, 0.1) is 19.3 Å². The van der Waals surface area contributed by atoms with Gasteiger partial charge in [0.2, 0.25) is 5.82 Å². The number of fused-ring (bicyclic) bond motifs is 1.